The molecule has 0 saturated heterocycles. The van der Waals surface area contributed by atoms with Crippen molar-refractivity contribution in [3.05, 3.63) is 12.3 Å². The Morgan fingerprint density at radius 3 is 2.00 bits per heavy atom. The summed E-state index contributed by atoms with van der Waals surface area (Å²) in [4.78, 5) is 9.54. The van der Waals surface area contributed by atoms with Crippen LogP contribution in [0.15, 0.2) is 12.3 Å². The van der Waals surface area contributed by atoms with E-state index < -0.39 is 24.3 Å². The van der Waals surface area contributed by atoms with Crippen LogP contribution in [0.4, 0.5) is 26.7 Å². The second-order valence-electron chi connectivity index (χ2n) is 1.81. The van der Waals surface area contributed by atoms with Gasteiger partial charge in [0.1, 0.15) is 6.26 Å². The number of rotatable bonds is 2. The van der Waals surface area contributed by atoms with Gasteiger partial charge in [0.2, 0.25) is 0 Å². The molecule has 0 aromatic carbocycles. The first kappa shape index (κ1) is 11.7. The molecule has 0 spiro atoms. The molecule has 8 heteroatoms. The molecule has 0 saturated carbocycles. The van der Waals surface area contributed by atoms with Crippen molar-refractivity contribution in [2.75, 3.05) is 0 Å². The summed E-state index contributed by atoms with van der Waals surface area (Å²) >= 11 is 0. The number of ether oxygens (including phenoxy) is 1. The summed E-state index contributed by atoms with van der Waals surface area (Å²) in [5, 5.41) is 7.71. The lowest BCUT2D eigenvalue weighted by molar-refractivity contribution is -0.259. The third-order valence-corrected chi connectivity index (χ3v) is 0.824. The minimum atomic E-state index is -5.76. The second-order valence-corrected chi connectivity index (χ2v) is 1.81. The Labute approximate surface area is 68.4 Å². The van der Waals surface area contributed by atoms with E-state index in [0.29, 0.717) is 0 Å². The molecule has 0 unspecified atom stereocenters. The molecule has 0 atom stereocenters. The number of carboxylic acid groups (broad SMARTS) is 1. The van der Waals surface area contributed by atoms with E-state index in [9.17, 15) is 26.7 Å². The zero-order chi connectivity index (χ0) is 10.7. The molecule has 0 heterocycles. The van der Waals surface area contributed by atoms with E-state index in [-0.39, 0.29) is 6.26 Å². The first-order valence-electron chi connectivity index (χ1n) is 2.68. The van der Waals surface area contributed by atoms with Crippen molar-refractivity contribution in [3.8, 4) is 0 Å². The molecule has 76 valence electrons. The number of allylic oxidation sites excluding steroid dienone is 1. The summed E-state index contributed by atoms with van der Waals surface area (Å²) in [6, 6.07) is 0. The number of halogens is 5. The van der Waals surface area contributed by atoms with Gasteiger partial charge in [-0.1, -0.05) is 0 Å². The van der Waals surface area contributed by atoms with Crippen molar-refractivity contribution < 1.29 is 36.6 Å². The van der Waals surface area contributed by atoms with Crippen molar-refractivity contribution in [2.45, 2.75) is 12.1 Å². The quantitative estimate of drug-likeness (QED) is 0.428. The Hall–Kier alpha value is -1.34. The van der Waals surface area contributed by atoms with Crippen molar-refractivity contribution in [3.63, 3.8) is 0 Å². The maximum atomic E-state index is 11.9. The minimum absolute atomic E-state index is 0.240. The molecule has 0 aromatic heterocycles. The molecule has 0 bridgehead atoms. The monoisotopic (exact) mass is 206 g/mol. The van der Waals surface area contributed by atoms with Gasteiger partial charge in [0.05, 0.1) is 0 Å². The predicted molar refractivity (Wildman–Crippen MR) is 29.3 cm³/mol. The Morgan fingerprint density at radius 2 is 1.69 bits per heavy atom. The van der Waals surface area contributed by atoms with Crippen molar-refractivity contribution in [2.24, 2.45) is 0 Å². The number of alkyl halides is 5. The Morgan fingerprint density at radius 1 is 1.23 bits per heavy atom. The van der Waals surface area contributed by atoms with E-state index in [4.69, 9.17) is 5.11 Å². The molecule has 0 aromatic rings. The SMILES string of the molecule is O=C(O)OC=CC(F)(F)C(F)(F)F. The summed E-state index contributed by atoms with van der Waals surface area (Å²) in [6.45, 7) is 0. The third kappa shape index (κ3) is 3.72. The Bertz CT molecular complexity index is 219. The maximum absolute atomic E-state index is 11.9. The van der Waals surface area contributed by atoms with Gasteiger partial charge in [-0.15, -0.1) is 0 Å². The zero-order valence-electron chi connectivity index (χ0n) is 5.81. The lowest BCUT2D eigenvalue weighted by atomic mass is 10.3. The van der Waals surface area contributed by atoms with E-state index in [2.05, 4.69) is 4.74 Å². The number of carbonyl (C=O) groups is 1. The summed E-state index contributed by atoms with van der Waals surface area (Å²) in [5.41, 5.74) is 0. The standard InChI is InChI=1S/C5H3F5O3/c6-4(7,5(8,9)10)1-2-13-3(11)12/h1-2H,(H,11,12). The average Bonchev–Trinajstić information content (AvgIpc) is 1.82. The topological polar surface area (TPSA) is 46.5 Å². The number of hydrogen-bond acceptors (Lipinski definition) is 2. The van der Waals surface area contributed by atoms with Gasteiger partial charge in [-0.25, -0.2) is 4.79 Å². The molecule has 0 fully saturated rings. The van der Waals surface area contributed by atoms with E-state index >= 15 is 0 Å². The second kappa shape index (κ2) is 3.58. The van der Waals surface area contributed by atoms with Gasteiger partial charge in [-0.2, -0.15) is 22.0 Å². The lowest BCUT2D eigenvalue weighted by Crippen LogP contribution is -2.34. The first-order valence-corrected chi connectivity index (χ1v) is 2.68. The zero-order valence-corrected chi connectivity index (χ0v) is 5.81. The number of hydrogen-bond donors (Lipinski definition) is 1. The van der Waals surface area contributed by atoms with Gasteiger partial charge < -0.3 is 9.84 Å². The van der Waals surface area contributed by atoms with Crippen molar-refractivity contribution in [1.29, 1.82) is 0 Å². The Kier molecular flexibility index (Phi) is 3.21. The highest BCUT2D eigenvalue weighted by atomic mass is 19.4. The van der Waals surface area contributed by atoms with Gasteiger partial charge in [-0.05, 0) is 0 Å². The molecule has 0 amide bonds. The lowest BCUT2D eigenvalue weighted by Gasteiger charge is -2.14. The van der Waals surface area contributed by atoms with Crippen LogP contribution in [-0.4, -0.2) is 23.4 Å². The van der Waals surface area contributed by atoms with Crippen LogP contribution in [0.3, 0.4) is 0 Å². The van der Waals surface area contributed by atoms with Crippen LogP contribution in [0.1, 0.15) is 0 Å². The first-order chi connectivity index (χ1) is 5.67. The molecule has 0 aliphatic carbocycles. The molecule has 13 heavy (non-hydrogen) atoms. The summed E-state index contributed by atoms with van der Waals surface area (Å²) < 4.78 is 61.2. The highest BCUT2D eigenvalue weighted by Crippen LogP contribution is 2.36. The Balaban J connectivity index is 4.33. The summed E-state index contributed by atoms with van der Waals surface area (Å²) in [6.07, 6.45) is -8.67. The van der Waals surface area contributed by atoms with Crippen LogP contribution in [-0.2, 0) is 4.74 Å². The minimum Gasteiger partial charge on any atom is -0.449 e. The van der Waals surface area contributed by atoms with Crippen LogP contribution in [0.2, 0.25) is 0 Å². The molecule has 0 aliphatic heterocycles. The molecule has 0 radical (unpaired) electrons. The van der Waals surface area contributed by atoms with E-state index in [1.54, 1.807) is 0 Å². The predicted octanol–water partition coefficient (Wildman–Crippen LogP) is 2.39. The van der Waals surface area contributed by atoms with Gasteiger partial charge in [0.25, 0.3) is 0 Å². The van der Waals surface area contributed by atoms with Gasteiger partial charge in [0, 0.05) is 6.08 Å². The fourth-order valence-electron chi connectivity index (χ4n) is 0.272. The molecule has 1 N–H and O–H groups in total. The maximum Gasteiger partial charge on any atom is 0.510 e. The van der Waals surface area contributed by atoms with Gasteiger partial charge in [0.15, 0.2) is 0 Å². The van der Waals surface area contributed by atoms with Gasteiger partial charge >= 0.3 is 18.3 Å². The summed E-state index contributed by atoms with van der Waals surface area (Å²) in [7, 11) is 0. The van der Waals surface area contributed by atoms with E-state index in [1.165, 1.54) is 0 Å². The highest BCUT2D eigenvalue weighted by Gasteiger charge is 2.55. The van der Waals surface area contributed by atoms with E-state index in [1.807, 2.05) is 0 Å². The van der Waals surface area contributed by atoms with Gasteiger partial charge in [-0.3, -0.25) is 0 Å². The van der Waals surface area contributed by atoms with Crippen molar-refractivity contribution >= 4 is 6.16 Å². The smallest absolute Gasteiger partial charge is 0.449 e. The van der Waals surface area contributed by atoms with E-state index in [0.717, 1.165) is 0 Å². The summed E-state index contributed by atoms with van der Waals surface area (Å²) in [5.74, 6) is -5.09. The van der Waals surface area contributed by atoms with Crippen LogP contribution in [0.5, 0.6) is 0 Å². The largest absolute Gasteiger partial charge is 0.510 e. The molecular formula is C5H3F5O3. The normalized spacial score (nSPS) is 13.3. The highest BCUT2D eigenvalue weighted by molar-refractivity contribution is 5.57. The molecule has 3 nitrogen and oxygen atoms in total. The van der Waals surface area contributed by atoms with Crippen LogP contribution in [0.25, 0.3) is 0 Å². The average molecular weight is 206 g/mol. The fourth-order valence-corrected chi connectivity index (χ4v) is 0.272. The molecule has 0 aliphatic rings. The van der Waals surface area contributed by atoms with Crippen molar-refractivity contribution in [1.82, 2.24) is 0 Å². The molecule has 0 rings (SSSR count). The third-order valence-electron chi connectivity index (χ3n) is 0.824. The van der Waals surface area contributed by atoms with Crippen LogP contribution >= 0.6 is 0 Å². The fraction of sp³-hybridized carbons (Fsp3) is 0.400. The van der Waals surface area contributed by atoms with Crippen LogP contribution in [0, 0.1) is 0 Å². The van der Waals surface area contributed by atoms with Crippen LogP contribution < -0.4 is 0 Å². The molecular weight excluding hydrogens is 203 g/mol.